The highest BCUT2D eigenvalue weighted by Crippen LogP contribution is 2.23. The number of aromatic amines is 1. The molecule has 0 aliphatic carbocycles. The first-order valence-electron chi connectivity index (χ1n) is 5.45. The molecule has 0 spiro atoms. The van der Waals surface area contributed by atoms with E-state index >= 15 is 0 Å². The van der Waals surface area contributed by atoms with Crippen molar-refractivity contribution in [2.24, 2.45) is 0 Å². The Bertz CT molecular complexity index is 862. The van der Waals surface area contributed by atoms with Gasteiger partial charge in [0.2, 0.25) is 5.43 Å². The number of anilines is 1. The van der Waals surface area contributed by atoms with E-state index in [-0.39, 0.29) is 0 Å². The first-order chi connectivity index (χ1) is 9.81. The van der Waals surface area contributed by atoms with E-state index in [0.717, 1.165) is 30.5 Å². The van der Waals surface area contributed by atoms with Crippen molar-refractivity contribution < 1.29 is 17.7 Å². The zero-order valence-electron chi connectivity index (χ0n) is 10.2. The number of halogens is 1. The Morgan fingerprint density at radius 1 is 1.29 bits per heavy atom. The molecule has 0 saturated carbocycles. The molecule has 1 aromatic carbocycles. The lowest BCUT2D eigenvalue weighted by Gasteiger charge is -2.08. The van der Waals surface area contributed by atoms with Gasteiger partial charge in [0.15, 0.2) is 4.90 Å². The monoisotopic (exact) mass is 313 g/mol. The molecule has 10 heteroatoms. The third-order valence-electron chi connectivity index (χ3n) is 2.48. The number of nitrogens with one attached hydrogen (secondary N) is 2. The van der Waals surface area contributed by atoms with Crippen molar-refractivity contribution in [2.45, 2.75) is 4.90 Å². The van der Waals surface area contributed by atoms with E-state index in [1.165, 1.54) is 6.20 Å². The molecule has 0 unspecified atom stereocenters. The van der Waals surface area contributed by atoms with Gasteiger partial charge in [0, 0.05) is 30.6 Å². The van der Waals surface area contributed by atoms with E-state index in [4.69, 9.17) is 0 Å². The normalized spacial score (nSPS) is 11.1. The standard InChI is InChI=1S/C11H8FN3O5S/c12-8-2-1-7(15(17)18)5-9(8)14-21(19,20)11-6-13-4-3-10(11)16/h1-6,14H,(H,13,16). The molecule has 0 fully saturated rings. The Hall–Kier alpha value is -2.75. The molecule has 0 bridgehead atoms. The number of hydrogen-bond donors (Lipinski definition) is 2. The molecule has 0 aliphatic heterocycles. The number of non-ortho nitro benzene ring substituents is 1. The Balaban J connectivity index is 2.47. The minimum absolute atomic E-state index is 0.490. The van der Waals surface area contributed by atoms with Gasteiger partial charge in [0.1, 0.15) is 5.82 Å². The molecule has 0 amide bonds. The Kier molecular flexibility index (Phi) is 3.72. The molecule has 2 aromatic rings. The second kappa shape index (κ2) is 5.32. The molecular formula is C11H8FN3O5S. The molecule has 21 heavy (non-hydrogen) atoms. The third-order valence-corrected chi connectivity index (χ3v) is 3.87. The average molecular weight is 313 g/mol. The van der Waals surface area contributed by atoms with Crippen LogP contribution in [0, 0.1) is 15.9 Å². The summed E-state index contributed by atoms with van der Waals surface area (Å²) in [5.74, 6) is -1.00. The predicted molar refractivity (Wildman–Crippen MR) is 70.9 cm³/mol. The summed E-state index contributed by atoms with van der Waals surface area (Å²) in [4.78, 5) is 23.1. The van der Waals surface area contributed by atoms with E-state index in [9.17, 15) is 27.7 Å². The van der Waals surface area contributed by atoms with Gasteiger partial charge in [-0.2, -0.15) is 0 Å². The largest absolute Gasteiger partial charge is 0.366 e. The first-order valence-corrected chi connectivity index (χ1v) is 6.93. The summed E-state index contributed by atoms with van der Waals surface area (Å²) in [5.41, 5.74) is -1.91. The molecule has 0 atom stereocenters. The van der Waals surface area contributed by atoms with Crippen LogP contribution < -0.4 is 10.2 Å². The first kappa shape index (κ1) is 14.7. The highest BCUT2D eigenvalue weighted by molar-refractivity contribution is 7.92. The van der Waals surface area contributed by atoms with Crippen LogP contribution in [0.2, 0.25) is 0 Å². The zero-order chi connectivity index (χ0) is 15.6. The lowest BCUT2D eigenvalue weighted by Crippen LogP contribution is -2.21. The summed E-state index contributed by atoms with van der Waals surface area (Å²) in [6, 6.07) is 3.36. The number of sulfonamides is 1. The summed E-state index contributed by atoms with van der Waals surface area (Å²) in [5, 5.41) is 10.6. The molecule has 1 heterocycles. The Labute approximate surface area is 117 Å². The molecular weight excluding hydrogens is 305 g/mol. The van der Waals surface area contributed by atoms with Gasteiger partial charge in [-0.25, -0.2) is 12.8 Å². The van der Waals surface area contributed by atoms with Crippen LogP contribution in [-0.2, 0) is 10.0 Å². The maximum atomic E-state index is 13.5. The summed E-state index contributed by atoms with van der Waals surface area (Å²) in [7, 11) is -4.37. The van der Waals surface area contributed by atoms with Gasteiger partial charge < -0.3 is 4.98 Å². The van der Waals surface area contributed by atoms with Crippen molar-refractivity contribution >= 4 is 21.4 Å². The lowest BCUT2D eigenvalue weighted by molar-refractivity contribution is -0.384. The van der Waals surface area contributed by atoms with Crippen molar-refractivity contribution in [3.8, 4) is 0 Å². The van der Waals surface area contributed by atoms with Crippen LogP contribution >= 0.6 is 0 Å². The topological polar surface area (TPSA) is 122 Å². The summed E-state index contributed by atoms with van der Waals surface area (Å²) in [6.07, 6.45) is 2.16. The SMILES string of the molecule is O=c1cc[nH]cc1S(=O)(=O)Nc1cc([N+](=O)[O-])ccc1F. The van der Waals surface area contributed by atoms with Crippen molar-refractivity contribution in [3.63, 3.8) is 0 Å². The van der Waals surface area contributed by atoms with E-state index in [1.807, 2.05) is 4.72 Å². The van der Waals surface area contributed by atoms with Crippen LogP contribution in [0.4, 0.5) is 15.8 Å². The number of benzene rings is 1. The zero-order valence-corrected chi connectivity index (χ0v) is 11.1. The number of rotatable bonds is 4. The minimum atomic E-state index is -4.37. The maximum Gasteiger partial charge on any atom is 0.271 e. The number of pyridine rings is 1. The highest BCUT2D eigenvalue weighted by Gasteiger charge is 2.21. The molecule has 0 aliphatic rings. The average Bonchev–Trinajstić information content (AvgIpc) is 2.41. The van der Waals surface area contributed by atoms with E-state index in [2.05, 4.69) is 4.98 Å². The Morgan fingerprint density at radius 2 is 2.00 bits per heavy atom. The third kappa shape index (κ3) is 3.05. The summed E-state index contributed by atoms with van der Waals surface area (Å²) in [6.45, 7) is 0. The van der Waals surface area contributed by atoms with Crippen molar-refractivity contribution in [1.82, 2.24) is 4.98 Å². The van der Waals surface area contributed by atoms with Crippen LogP contribution in [0.5, 0.6) is 0 Å². The van der Waals surface area contributed by atoms with Crippen LogP contribution in [0.15, 0.2) is 46.3 Å². The van der Waals surface area contributed by atoms with Gasteiger partial charge >= 0.3 is 0 Å². The van der Waals surface area contributed by atoms with Crippen molar-refractivity contribution in [2.75, 3.05) is 4.72 Å². The van der Waals surface area contributed by atoms with Crippen LogP contribution in [-0.4, -0.2) is 18.3 Å². The molecule has 0 saturated heterocycles. The maximum absolute atomic E-state index is 13.5. The molecule has 0 radical (unpaired) electrons. The van der Waals surface area contributed by atoms with Crippen molar-refractivity contribution in [3.05, 3.63) is 62.8 Å². The minimum Gasteiger partial charge on any atom is -0.366 e. The van der Waals surface area contributed by atoms with Gasteiger partial charge in [-0.15, -0.1) is 0 Å². The number of nitrogens with zero attached hydrogens (tertiary/aromatic N) is 1. The fraction of sp³-hybridized carbons (Fsp3) is 0. The number of nitro groups is 1. The van der Waals surface area contributed by atoms with Gasteiger partial charge in [-0.1, -0.05) is 0 Å². The second-order valence-electron chi connectivity index (χ2n) is 3.90. The quantitative estimate of drug-likeness (QED) is 0.649. The van der Waals surface area contributed by atoms with Gasteiger partial charge in [0.05, 0.1) is 10.6 Å². The number of H-pyrrole nitrogens is 1. The summed E-state index contributed by atoms with van der Waals surface area (Å²) < 4.78 is 39.3. The molecule has 2 N–H and O–H groups in total. The second-order valence-corrected chi connectivity index (χ2v) is 5.55. The van der Waals surface area contributed by atoms with E-state index in [1.54, 1.807) is 0 Å². The lowest BCUT2D eigenvalue weighted by atomic mass is 10.3. The molecule has 110 valence electrons. The van der Waals surface area contributed by atoms with Crippen LogP contribution in [0.25, 0.3) is 0 Å². The fourth-order valence-corrected chi connectivity index (χ4v) is 2.63. The molecule has 1 aromatic heterocycles. The van der Waals surface area contributed by atoms with Crippen molar-refractivity contribution in [1.29, 1.82) is 0 Å². The molecule has 2 rings (SSSR count). The van der Waals surface area contributed by atoms with Crippen LogP contribution in [0.3, 0.4) is 0 Å². The van der Waals surface area contributed by atoms with Gasteiger partial charge in [0.25, 0.3) is 15.7 Å². The van der Waals surface area contributed by atoms with E-state index < -0.39 is 42.5 Å². The summed E-state index contributed by atoms with van der Waals surface area (Å²) >= 11 is 0. The molecule has 8 nitrogen and oxygen atoms in total. The van der Waals surface area contributed by atoms with Crippen LogP contribution in [0.1, 0.15) is 0 Å². The number of aromatic nitrogens is 1. The fourth-order valence-electron chi connectivity index (χ4n) is 1.52. The number of nitro benzene ring substituents is 1. The highest BCUT2D eigenvalue weighted by atomic mass is 32.2. The van der Waals surface area contributed by atoms with Gasteiger partial charge in [-0.3, -0.25) is 19.6 Å². The Morgan fingerprint density at radius 3 is 2.62 bits per heavy atom. The van der Waals surface area contributed by atoms with Gasteiger partial charge in [-0.05, 0) is 6.07 Å². The van der Waals surface area contributed by atoms with E-state index in [0.29, 0.717) is 0 Å². The smallest absolute Gasteiger partial charge is 0.271 e. The predicted octanol–water partition coefficient (Wildman–Crippen LogP) is 1.22. The number of hydrogen-bond acceptors (Lipinski definition) is 5.